The van der Waals surface area contributed by atoms with E-state index in [1.54, 1.807) is 4.31 Å². The van der Waals surface area contributed by atoms with E-state index in [2.05, 4.69) is 5.32 Å². The standard InChI is InChI=1S/C13H21N3O2S/c1-9(2)15-5-10-4-13(7-18-8-13)6-16(19-3)12(17)11(10)14/h5,9,14-15H,4,6-8H2,1-3H3/b10-5-,14-11?. The van der Waals surface area contributed by atoms with Crippen LogP contribution in [-0.4, -0.2) is 48.0 Å². The number of hydrogen-bond donors (Lipinski definition) is 2. The van der Waals surface area contributed by atoms with Crippen molar-refractivity contribution in [1.82, 2.24) is 9.62 Å². The molecule has 0 aromatic rings. The second-order valence-corrected chi connectivity index (χ2v) is 6.37. The fourth-order valence-electron chi connectivity index (χ4n) is 2.31. The maximum Gasteiger partial charge on any atom is 0.281 e. The molecule has 2 aliphatic heterocycles. The monoisotopic (exact) mass is 283 g/mol. The minimum Gasteiger partial charge on any atom is -0.388 e. The Morgan fingerprint density at radius 3 is 2.68 bits per heavy atom. The van der Waals surface area contributed by atoms with Crippen molar-refractivity contribution < 1.29 is 9.53 Å². The highest BCUT2D eigenvalue weighted by atomic mass is 32.2. The second kappa shape index (κ2) is 5.54. The Morgan fingerprint density at radius 1 is 1.53 bits per heavy atom. The normalized spacial score (nSPS) is 24.8. The number of rotatable bonds is 3. The van der Waals surface area contributed by atoms with Crippen LogP contribution in [-0.2, 0) is 9.53 Å². The summed E-state index contributed by atoms with van der Waals surface area (Å²) in [5.74, 6) is -0.201. The van der Waals surface area contributed by atoms with Gasteiger partial charge in [0.15, 0.2) is 0 Å². The second-order valence-electron chi connectivity index (χ2n) is 5.56. The molecular weight excluding hydrogens is 262 g/mol. The Morgan fingerprint density at radius 2 is 2.21 bits per heavy atom. The van der Waals surface area contributed by atoms with E-state index < -0.39 is 0 Å². The number of nitrogens with one attached hydrogen (secondary N) is 2. The van der Waals surface area contributed by atoms with Gasteiger partial charge >= 0.3 is 0 Å². The van der Waals surface area contributed by atoms with Crippen molar-refractivity contribution in [2.24, 2.45) is 5.41 Å². The Bertz CT molecular complexity index is 416. The molecule has 6 heteroatoms. The predicted octanol–water partition coefficient (Wildman–Crippen LogP) is 1.41. The van der Waals surface area contributed by atoms with Crippen molar-refractivity contribution >= 4 is 23.6 Å². The molecule has 2 heterocycles. The smallest absolute Gasteiger partial charge is 0.281 e. The average molecular weight is 283 g/mol. The molecule has 19 heavy (non-hydrogen) atoms. The highest BCUT2D eigenvalue weighted by molar-refractivity contribution is 7.96. The lowest BCUT2D eigenvalue weighted by Crippen LogP contribution is -2.49. The molecule has 1 amide bonds. The van der Waals surface area contributed by atoms with Gasteiger partial charge in [0.05, 0.1) is 13.2 Å². The van der Waals surface area contributed by atoms with E-state index in [1.165, 1.54) is 11.9 Å². The number of carbonyl (C=O) groups excluding carboxylic acids is 1. The minimum atomic E-state index is -0.201. The zero-order chi connectivity index (χ0) is 14.0. The molecule has 2 fully saturated rings. The summed E-state index contributed by atoms with van der Waals surface area (Å²) in [7, 11) is 0. The van der Waals surface area contributed by atoms with Crippen LogP contribution in [0.3, 0.4) is 0 Å². The molecule has 0 radical (unpaired) electrons. The number of hydrogen-bond acceptors (Lipinski definition) is 5. The van der Waals surface area contributed by atoms with E-state index in [-0.39, 0.29) is 17.0 Å². The zero-order valence-electron chi connectivity index (χ0n) is 11.7. The van der Waals surface area contributed by atoms with Crippen molar-refractivity contribution in [3.63, 3.8) is 0 Å². The number of ether oxygens (including phenoxy) is 1. The third kappa shape index (κ3) is 2.95. The molecule has 2 aliphatic rings. The summed E-state index contributed by atoms with van der Waals surface area (Å²) >= 11 is 1.39. The van der Waals surface area contributed by atoms with Crippen LogP contribution in [0.2, 0.25) is 0 Å². The summed E-state index contributed by atoms with van der Waals surface area (Å²) in [5, 5.41) is 11.3. The Balaban J connectivity index is 2.25. The summed E-state index contributed by atoms with van der Waals surface area (Å²) < 4.78 is 7.02. The lowest BCUT2D eigenvalue weighted by atomic mass is 9.80. The molecule has 5 nitrogen and oxygen atoms in total. The average Bonchev–Trinajstić information content (AvgIpc) is 2.44. The van der Waals surface area contributed by atoms with E-state index in [0.717, 1.165) is 12.0 Å². The maximum absolute atomic E-state index is 12.2. The van der Waals surface area contributed by atoms with Gasteiger partial charge in [-0.05, 0) is 25.8 Å². The van der Waals surface area contributed by atoms with Crippen LogP contribution in [0.1, 0.15) is 20.3 Å². The summed E-state index contributed by atoms with van der Waals surface area (Å²) in [6, 6.07) is 0.295. The summed E-state index contributed by atoms with van der Waals surface area (Å²) in [4.78, 5) is 12.2. The zero-order valence-corrected chi connectivity index (χ0v) is 12.5. The van der Waals surface area contributed by atoms with E-state index in [0.29, 0.717) is 25.8 Å². The van der Waals surface area contributed by atoms with Crippen LogP contribution < -0.4 is 5.32 Å². The van der Waals surface area contributed by atoms with Crippen molar-refractivity contribution in [3.05, 3.63) is 11.8 Å². The van der Waals surface area contributed by atoms with Crippen LogP contribution in [0.5, 0.6) is 0 Å². The van der Waals surface area contributed by atoms with Crippen LogP contribution in [0.25, 0.3) is 0 Å². The van der Waals surface area contributed by atoms with Gasteiger partial charge in [0.25, 0.3) is 5.91 Å². The van der Waals surface area contributed by atoms with Gasteiger partial charge in [0, 0.05) is 30.5 Å². The lowest BCUT2D eigenvalue weighted by Gasteiger charge is -2.42. The quantitative estimate of drug-likeness (QED) is 0.769. The highest BCUT2D eigenvalue weighted by Gasteiger charge is 2.45. The molecule has 1 spiro atoms. The molecule has 0 aromatic heterocycles. The summed E-state index contributed by atoms with van der Waals surface area (Å²) in [5.41, 5.74) is 0.885. The summed E-state index contributed by atoms with van der Waals surface area (Å²) in [6.45, 7) is 6.08. The van der Waals surface area contributed by atoms with E-state index in [4.69, 9.17) is 10.1 Å². The van der Waals surface area contributed by atoms with Crippen LogP contribution >= 0.6 is 11.9 Å². The molecule has 2 N–H and O–H groups in total. The first-order chi connectivity index (χ1) is 8.97. The van der Waals surface area contributed by atoms with E-state index >= 15 is 0 Å². The predicted molar refractivity (Wildman–Crippen MR) is 77.2 cm³/mol. The molecule has 0 bridgehead atoms. The fourth-order valence-corrected chi connectivity index (χ4v) is 2.97. The molecule has 0 aromatic carbocycles. The third-order valence-electron chi connectivity index (χ3n) is 3.43. The largest absolute Gasteiger partial charge is 0.388 e. The van der Waals surface area contributed by atoms with Crippen LogP contribution in [0.4, 0.5) is 0 Å². The molecule has 0 saturated carbocycles. The fraction of sp³-hybridized carbons (Fsp3) is 0.692. The summed E-state index contributed by atoms with van der Waals surface area (Å²) in [6.07, 6.45) is 4.43. The first-order valence-corrected chi connectivity index (χ1v) is 7.63. The molecule has 0 aliphatic carbocycles. The van der Waals surface area contributed by atoms with Gasteiger partial charge in [-0.1, -0.05) is 11.9 Å². The van der Waals surface area contributed by atoms with Gasteiger partial charge in [-0.15, -0.1) is 0 Å². The van der Waals surface area contributed by atoms with Crippen molar-refractivity contribution in [2.45, 2.75) is 26.3 Å². The number of amides is 1. The Labute approximate surface area is 118 Å². The molecule has 0 atom stereocenters. The maximum atomic E-state index is 12.2. The van der Waals surface area contributed by atoms with Crippen molar-refractivity contribution in [1.29, 1.82) is 5.41 Å². The lowest BCUT2D eigenvalue weighted by molar-refractivity contribution is -0.131. The van der Waals surface area contributed by atoms with Crippen molar-refractivity contribution in [2.75, 3.05) is 26.0 Å². The van der Waals surface area contributed by atoms with Gasteiger partial charge in [-0.3, -0.25) is 14.5 Å². The first kappa shape index (κ1) is 14.4. The molecular formula is C13H21N3O2S. The first-order valence-electron chi connectivity index (χ1n) is 6.45. The Hall–Kier alpha value is -1.01. The van der Waals surface area contributed by atoms with E-state index in [1.807, 2.05) is 26.3 Å². The van der Waals surface area contributed by atoms with Crippen molar-refractivity contribution in [3.8, 4) is 0 Å². The van der Waals surface area contributed by atoms with E-state index in [9.17, 15) is 4.79 Å². The SMILES string of the molecule is CSN1CC2(COC2)C/C(=C/NC(C)C)C(=N)C1=O. The third-order valence-corrected chi connectivity index (χ3v) is 4.17. The molecule has 2 saturated heterocycles. The van der Waals surface area contributed by atoms with Gasteiger partial charge in [-0.2, -0.15) is 0 Å². The van der Waals surface area contributed by atoms with Gasteiger partial charge < -0.3 is 10.1 Å². The van der Waals surface area contributed by atoms with Crippen LogP contribution in [0.15, 0.2) is 11.8 Å². The minimum absolute atomic E-state index is 0.00797. The topological polar surface area (TPSA) is 65.4 Å². The van der Waals surface area contributed by atoms with Gasteiger partial charge in [0.1, 0.15) is 5.71 Å². The Kier molecular flexibility index (Phi) is 4.20. The van der Waals surface area contributed by atoms with Crippen LogP contribution in [0, 0.1) is 10.8 Å². The molecule has 2 rings (SSSR count). The number of nitrogens with zero attached hydrogens (tertiary/aromatic N) is 1. The van der Waals surface area contributed by atoms with Gasteiger partial charge in [-0.25, -0.2) is 0 Å². The van der Waals surface area contributed by atoms with Gasteiger partial charge in [0.2, 0.25) is 0 Å². The highest BCUT2D eigenvalue weighted by Crippen LogP contribution is 2.39. The molecule has 106 valence electrons. The number of carbonyl (C=O) groups is 1. The molecule has 0 unspecified atom stereocenters.